The quantitative estimate of drug-likeness (QED) is 0.248. The monoisotopic (exact) mass is 490 g/mol. The van der Waals surface area contributed by atoms with Crippen LogP contribution in [0, 0.1) is 0 Å². The van der Waals surface area contributed by atoms with Gasteiger partial charge in [-0.2, -0.15) is 4.98 Å². The van der Waals surface area contributed by atoms with E-state index in [4.69, 9.17) is 9.97 Å². The van der Waals surface area contributed by atoms with Crippen LogP contribution >= 0.6 is 0 Å². The molecule has 6 rings (SSSR count). The maximum atomic E-state index is 4.84. The van der Waals surface area contributed by atoms with Gasteiger partial charge in [-0.25, -0.2) is 4.98 Å². The third-order valence-electron chi connectivity index (χ3n) is 7.51. The van der Waals surface area contributed by atoms with Crippen molar-refractivity contribution in [1.29, 1.82) is 0 Å². The van der Waals surface area contributed by atoms with Gasteiger partial charge in [0.1, 0.15) is 5.82 Å². The first kappa shape index (κ1) is 23.5. The fraction of sp³-hybridized carbons (Fsp3) is 0.290. The number of aromatic amines is 1. The van der Waals surface area contributed by atoms with Crippen molar-refractivity contribution in [3.8, 4) is 11.3 Å². The lowest BCUT2D eigenvalue weighted by atomic mass is 9.91. The Morgan fingerprint density at radius 1 is 0.784 bits per heavy atom. The minimum atomic E-state index is 0.391. The summed E-state index contributed by atoms with van der Waals surface area (Å²) in [4.78, 5) is 15.4. The van der Waals surface area contributed by atoms with Crippen molar-refractivity contribution in [3.63, 3.8) is 0 Å². The Morgan fingerprint density at radius 2 is 1.46 bits per heavy atom. The topological polar surface area (TPSA) is 68.9 Å². The third-order valence-corrected chi connectivity index (χ3v) is 7.51. The summed E-state index contributed by atoms with van der Waals surface area (Å²) in [6.07, 6.45) is 4.47. The molecule has 37 heavy (non-hydrogen) atoms. The van der Waals surface area contributed by atoms with E-state index in [9.17, 15) is 0 Å². The van der Waals surface area contributed by atoms with Crippen molar-refractivity contribution in [1.82, 2.24) is 20.3 Å². The van der Waals surface area contributed by atoms with Gasteiger partial charge in [0.2, 0.25) is 5.95 Å². The van der Waals surface area contributed by atoms with Crippen molar-refractivity contribution in [3.05, 3.63) is 84.4 Å². The van der Waals surface area contributed by atoms with Gasteiger partial charge in [-0.05, 0) is 55.0 Å². The summed E-state index contributed by atoms with van der Waals surface area (Å²) in [5.41, 5.74) is 5.97. The van der Waals surface area contributed by atoms with Crippen molar-refractivity contribution in [2.45, 2.75) is 44.3 Å². The first-order chi connectivity index (χ1) is 18.2. The fourth-order valence-electron chi connectivity index (χ4n) is 5.57. The van der Waals surface area contributed by atoms with Crippen LogP contribution in [0.4, 0.5) is 11.8 Å². The average Bonchev–Trinajstić information content (AvgIpc) is 3.31. The zero-order chi connectivity index (χ0) is 25.2. The van der Waals surface area contributed by atoms with Crippen LogP contribution < -0.4 is 15.5 Å². The Labute approximate surface area is 218 Å². The molecular weight excluding hydrogens is 456 g/mol. The molecule has 2 aromatic heterocycles. The van der Waals surface area contributed by atoms with Crippen LogP contribution in [0.2, 0.25) is 0 Å². The van der Waals surface area contributed by atoms with E-state index < -0.39 is 0 Å². The van der Waals surface area contributed by atoms with Crippen molar-refractivity contribution in [2.24, 2.45) is 0 Å². The van der Waals surface area contributed by atoms with Crippen LogP contribution in [0.25, 0.3) is 33.1 Å². The number of fused-ring (bicyclic) bond motifs is 2. The molecule has 1 aliphatic rings. The van der Waals surface area contributed by atoms with Gasteiger partial charge >= 0.3 is 0 Å². The Hall–Kier alpha value is -3.90. The number of nitrogens with one attached hydrogen (secondary N) is 3. The maximum absolute atomic E-state index is 4.84. The molecule has 188 valence electrons. The van der Waals surface area contributed by atoms with E-state index in [1.807, 2.05) is 26.2 Å². The number of H-pyrrole nitrogens is 1. The molecular formula is C31H34N6. The summed E-state index contributed by atoms with van der Waals surface area (Å²) in [6, 6.07) is 28.4. The number of para-hydroxylation sites is 2. The Bertz CT molecular complexity index is 1500. The normalized spacial score (nSPS) is 17.8. The molecule has 5 aromatic rings. The maximum Gasteiger partial charge on any atom is 0.225 e. The van der Waals surface area contributed by atoms with Crippen LogP contribution in [0.15, 0.2) is 78.9 Å². The molecule has 2 heterocycles. The van der Waals surface area contributed by atoms with Gasteiger partial charge in [-0.1, -0.05) is 60.7 Å². The van der Waals surface area contributed by atoms with Gasteiger partial charge in [0.05, 0.1) is 11.2 Å². The number of nitrogens with zero attached hydrogens (tertiary/aromatic N) is 3. The molecule has 0 spiro atoms. The highest BCUT2D eigenvalue weighted by Gasteiger charge is 2.23. The number of hydrogen-bond donors (Lipinski definition) is 3. The molecule has 3 N–H and O–H groups in total. The zero-order valence-electron chi connectivity index (χ0n) is 21.5. The number of rotatable bonds is 7. The summed E-state index contributed by atoms with van der Waals surface area (Å²) in [6.45, 7) is 0.858. The van der Waals surface area contributed by atoms with Gasteiger partial charge in [-0.3, -0.25) is 0 Å². The van der Waals surface area contributed by atoms with Crippen LogP contribution in [0.1, 0.15) is 31.2 Å². The highest BCUT2D eigenvalue weighted by molar-refractivity contribution is 5.91. The van der Waals surface area contributed by atoms with E-state index in [0.29, 0.717) is 12.1 Å². The van der Waals surface area contributed by atoms with Gasteiger partial charge in [0.25, 0.3) is 0 Å². The van der Waals surface area contributed by atoms with E-state index in [1.54, 1.807) is 0 Å². The standard InChI is InChI=1S/C31H34N6/c1-37(2)30-25-13-7-9-15-28(25)35-31(36-30)33-23-18-16-22(17-19-23)32-20-26-24-12-6-8-14-27(24)34-29(26)21-10-4-3-5-11-21/h3-15,22-23,32,34H,16-20H2,1-2H3,(H,33,35,36). The molecule has 0 amide bonds. The first-order valence-corrected chi connectivity index (χ1v) is 13.2. The van der Waals surface area contributed by atoms with Crippen molar-refractivity contribution < 1.29 is 0 Å². The summed E-state index contributed by atoms with van der Waals surface area (Å²) in [5, 5.41) is 9.89. The van der Waals surface area contributed by atoms with Crippen LogP contribution in [-0.4, -0.2) is 41.1 Å². The van der Waals surface area contributed by atoms with E-state index in [0.717, 1.165) is 54.9 Å². The van der Waals surface area contributed by atoms with Crippen LogP contribution in [-0.2, 0) is 6.54 Å². The molecule has 0 radical (unpaired) electrons. The fourth-order valence-corrected chi connectivity index (χ4v) is 5.57. The van der Waals surface area contributed by atoms with Crippen LogP contribution in [0.3, 0.4) is 0 Å². The van der Waals surface area contributed by atoms with Gasteiger partial charge in [0, 0.05) is 49.0 Å². The summed E-state index contributed by atoms with van der Waals surface area (Å²) >= 11 is 0. The lowest BCUT2D eigenvalue weighted by Crippen LogP contribution is -2.37. The number of aromatic nitrogens is 3. The summed E-state index contributed by atoms with van der Waals surface area (Å²) < 4.78 is 0. The van der Waals surface area contributed by atoms with Gasteiger partial charge in [-0.15, -0.1) is 0 Å². The molecule has 0 aliphatic heterocycles. The lowest BCUT2D eigenvalue weighted by molar-refractivity contribution is 0.352. The minimum absolute atomic E-state index is 0.391. The third kappa shape index (κ3) is 4.89. The van der Waals surface area contributed by atoms with E-state index in [-0.39, 0.29) is 0 Å². The number of benzene rings is 3. The first-order valence-electron chi connectivity index (χ1n) is 13.2. The molecule has 6 heteroatoms. The van der Waals surface area contributed by atoms with Gasteiger partial charge in [0.15, 0.2) is 0 Å². The average molecular weight is 491 g/mol. The molecule has 1 saturated carbocycles. The minimum Gasteiger partial charge on any atom is -0.362 e. The largest absolute Gasteiger partial charge is 0.362 e. The van der Waals surface area contributed by atoms with E-state index in [2.05, 4.69) is 87.2 Å². The van der Waals surface area contributed by atoms with E-state index in [1.165, 1.54) is 27.7 Å². The summed E-state index contributed by atoms with van der Waals surface area (Å²) in [5.74, 6) is 1.68. The van der Waals surface area contributed by atoms with Crippen LogP contribution in [0.5, 0.6) is 0 Å². The molecule has 0 unspecified atom stereocenters. The highest BCUT2D eigenvalue weighted by Crippen LogP contribution is 2.31. The second-order valence-corrected chi connectivity index (χ2v) is 10.2. The van der Waals surface area contributed by atoms with E-state index >= 15 is 0 Å². The zero-order valence-corrected chi connectivity index (χ0v) is 21.5. The molecule has 3 aromatic carbocycles. The number of anilines is 2. The summed E-state index contributed by atoms with van der Waals surface area (Å²) in [7, 11) is 4.07. The Kier molecular flexibility index (Phi) is 6.49. The second-order valence-electron chi connectivity index (χ2n) is 10.2. The Morgan fingerprint density at radius 3 is 2.24 bits per heavy atom. The second kappa shape index (κ2) is 10.2. The predicted molar refractivity (Wildman–Crippen MR) is 154 cm³/mol. The Balaban J connectivity index is 1.12. The molecule has 1 aliphatic carbocycles. The molecule has 1 fully saturated rings. The van der Waals surface area contributed by atoms with Crippen molar-refractivity contribution >= 4 is 33.6 Å². The van der Waals surface area contributed by atoms with Gasteiger partial charge < -0.3 is 20.5 Å². The molecule has 0 atom stereocenters. The highest BCUT2D eigenvalue weighted by atomic mass is 15.2. The molecule has 6 nitrogen and oxygen atoms in total. The number of hydrogen-bond acceptors (Lipinski definition) is 5. The molecule has 0 bridgehead atoms. The SMILES string of the molecule is CN(C)c1nc(NC2CCC(NCc3c(-c4ccccc4)[nH]c4ccccc34)CC2)nc2ccccc12. The van der Waals surface area contributed by atoms with Crippen molar-refractivity contribution in [2.75, 3.05) is 24.3 Å². The predicted octanol–water partition coefficient (Wildman–Crippen LogP) is 6.36. The molecule has 0 saturated heterocycles. The smallest absolute Gasteiger partial charge is 0.225 e. The lowest BCUT2D eigenvalue weighted by Gasteiger charge is -2.30.